The van der Waals surface area contributed by atoms with Crippen LogP contribution in [0.25, 0.3) is 0 Å². The Morgan fingerprint density at radius 2 is 2.38 bits per heavy atom. The molecule has 1 rings (SSSR count). The van der Waals surface area contributed by atoms with Gasteiger partial charge in [-0.05, 0) is 12.5 Å². The second-order valence-electron chi connectivity index (χ2n) is 3.54. The fourth-order valence-electron chi connectivity index (χ4n) is 1.46. The number of anilines is 1. The lowest BCUT2D eigenvalue weighted by molar-refractivity contribution is -0.132. The average molecular weight is 226 g/mol. The zero-order valence-electron chi connectivity index (χ0n) is 9.46. The van der Waals surface area contributed by atoms with E-state index in [-0.39, 0.29) is 19.1 Å². The van der Waals surface area contributed by atoms with Gasteiger partial charge in [0, 0.05) is 19.3 Å². The van der Waals surface area contributed by atoms with E-state index in [2.05, 4.69) is 5.10 Å². The zero-order valence-corrected chi connectivity index (χ0v) is 9.46. The number of nitrogens with zero attached hydrogens (tertiary/aromatic N) is 3. The summed E-state index contributed by atoms with van der Waals surface area (Å²) >= 11 is 0. The summed E-state index contributed by atoms with van der Waals surface area (Å²) in [5.41, 5.74) is 5.45. The highest BCUT2D eigenvalue weighted by molar-refractivity contribution is 5.75. The van der Waals surface area contributed by atoms with Crippen molar-refractivity contribution in [1.82, 2.24) is 14.7 Å². The van der Waals surface area contributed by atoms with Gasteiger partial charge in [0.25, 0.3) is 0 Å². The van der Waals surface area contributed by atoms with Gasteiger partial charge in [0.2, 0.25) is 5.91 Å². The minimum Gasteiger partial charge on any atom is -0.395 e. The van der Waals surface area contributed by atoms with E-state index >= 15 is 0 Å². The first-order chi connectivity index (χ1) is 7.67. The number of aliphatic hydroxyl groups is 1. The first kappa shape index (κ1) is 12.5. The number of carbonyl (C=O) groups is 1. The predicted molar refractivity (Wildman–Crippen MR) is 60.6 cm³/mol. The average Bonchev–Trinajstić information content (AvgIpc) is 2.63. The first-order valence-corrected chi connectivity index (χ1v) is 5.35. The van der Waals surface area contributed by atoms with Gasteiger partial charge in [0.05, 0.1) is 6.61 Å². The van der Waals surface area contributed by atoms with Crippen molar-refractivity contribution in [1.29, 1.82) is 0 Å². The van der Waals surface area contributed by atoms with Gasteiger partial charge in [0.15, 0.2) is 0 Å². The molecule has 0 aliphatic heterocycles. The van der Waals surface area contributed by atoms with E-state index in [0.29, 0.717) is 18.9 Å². The minimum absolute atomic E-state index is 0.0208. The lowest BCUT2D eigenvalue weighted by Crippen LogP contribution is -2.36. The van der Waals surface area contributed by atoms with Gasteiger partial charge in [-0.3, -0.25) is 9.48 Å². The molecular weight excluding hydrogens is 208 g/mol. The van der Waals surface area contributed by atoms with Crippen molar-refractivity contribution in [3.8, 4) is 0 Å². The van der Waals surface area contributed by atoms with Gasteiger partial charge in [-0.2, -0.15) is 5.10 Å². The summed E-state index contributed by atoms with van der Waals surface area (Å²) in [4.78, 5) is 13.4. The summed E-state index contributed by atoms with van der Waals surface area (Å²) < 4.78 is 1.50. The largest absolute Gasteiger partial charge is 0.395 e. The molecule has 0 spiro atoms. The Kier molecular flexibility index (Phi) is 4.78. The molecule has 1 aromatic rings. The number of amides is 1. The van der Waals surface area contributed by atoms with Crippen molar-refractivity contribution in [2.24, 2.45) is 0 Å². The summed E-state index contributed by atoms with van der Waals surface area (Å²) in [7, 11) is 0. The number of aromatic nitrogens is 2. The van der Waals surface area contributed by atoms with Gasteiger partial charge in [-0.15, -0.1) is 0 Å². The molecule has 0 saturated carbocycles. The van der Waals surface area contributed by atoms with Crippen molar-refractivity contribution in [2.75, 3.05) is 25.4 Å². The molecule has 1 amide bonds. The number of rotatable bonds is 6. The molecular formula is C10H18N4O2. The van der Waals surface area contributed by atoms with Crippen LogP contribution in [0.2, 0.25) is 0 Å². The summed E-state index contributed by atoms with van der Waals surface area (Å²) in [6.45, 7) is 3.15. The number of aliphatic hydroxyl groups excluding tert-OH is 1. The Bertz CT molecular complexity index is 331. The first-order valence-electron chi connectivity index (χ1n) is 5.35. The van der Waals surface area contributed by atoms with Gasteiger partial charge in [0.1, 0.15) is 12.4 Å². The molecule has 0 bridgehead atoms. The molecule has 3 N–H and O–H groups in total. The Morgan fingerprint density at radius 3 is 2.88 bits per heavy atom. The molecule has 6 nitrogen and oxygen atoms in total. The van der Waals surface area contributed by atoms with E-state index in [1.54, 1.807) is 17.2 Å². The van der Waals surface area contributed by atoms with E-state index in [4.69, 9.17) is 10.8 Å². The van der Waals surface area contributed by atoms with E-state index < -0.39 is 0 Å². The van der Waals surface area contributed by atoms with Crippen LogP contribution < -0.4 is 5.73 Å². The van der Waals surface area contributed by atoms with Crippen LogP contribution in [-0.4, -0.2) is 45.4 Å². The highest BCUT2D eigenvalue weighted by atomic mass is 16.3. The van der Waals surface area contributed by atoms with Crippen LogP contribution >= 0.6 is 0 Å². The van der Waals surface area contributed by atoms with Crippen LogP contribution in [0.3, 0.4) is 0 Å². The number of hydrogen-bond acceptors (Lipinski definition) is 4. The maximum atomic E-state index is 11.8. The van der Waals surface area contributed by atoms with E-state index in [1.807, 2.05) is 6.92 Å². The fourth-order valence-corrected chi connectivity index (χ4v) is 1.46. The van der Waals surface area contributed by atoms with Crippen LogP contribution in [0.1, 0.15) is 13.3 Å². The zero-order chi connectivity index (χ0) is 12.0. The Morgan fingerprint density at radius 1 is 1.62 bits per heavy atom. The minimum atomic E-state index is -0.0565. The lowest BCUT2D eigenvalue weighted by Gasteiger charge is -2.20. The molecule has 16 heavy (non-hydrogen) atoms. The molecule has 6 heteroatoms. The quantitative estimate of drug-likeness (QED) is 0.697. The number of nitrogen functional groups attached to an aromatic ring is 1. The van der Waals surface area contributed by atoms with E-state index in [0.717, 1.165) is 6.42 Å². The molecule has 0 saturated heterocycles. The standard InChI is InChI=1S/C10H18N4O2/c1-2-4-13(6-7-15)10(16)8-14-5-3-9(11)12-14/h3,5,15H,2,4,6-8H2,1H3,(H2,11,12). The lowest BCUT2D eigenvalue weighted by atomic mass is 10.4. The molecule has 0 aliphatic rings. The van der Waals surface area contributed by atoms with Crippen LogP contribution in [0, 0.1) is 0 Å². The maximum absolute atomic E-state index is 11.8. The highest BCUT2D eigenvalue weighted by Crippen LogP contribution is 1.99. The number of nitrogens with two attached hydrogens (primary N) is 1. The molecule has 1 heterocycles. The molecule has 0 radical (unpaired) electrons. The molecule has 0 unspecified atom stereocenters. The third kappa shape index (κ3) is 3.54. The normalized spacial score (nSPS) is 10.4. The van der Waals surface area contributed by atoms with Crippen LogP contribution in [-0.2, 0) is 11.3 Å². The Hall–Kier alpha value is -1.56. The summed E-state index contributed by atoms with van der Waals surface area (Å²) in [6, 6.07) is 1.64. The van der Waals surface area contributed by atoms with Crippen molar-refractivity contribution >= 4 is 11.7 Å². The maximum Gasteiger partial charge on any atom is 0.244 e. The fraction of sp³-hybridized carbons (Fsp3) is 0.600. The second kappa shape index (κ2) is 6.12. The molecule has 1 aromatic heterocycles. The molecule has 0 fully saturated rings. The van der Waals surface area contributed by atoms with Gasteiger partial charge < -0.3 is 15.7 Å². The summed E-state index contributed by atoms with van der Waals surface area (Å²) in [6.07, 6.45) is 2.53. The SMILES string of the molecule is CCCN(CCO)C(=O)Cn1ccc(N)n1. The van der Waals surface area contributed by atoms with E-state index in [1.165, 1.54) is 4.68 Å². The van der Waals surface area contributed by atoms with Crippen molar-refractivity contribution in [3.63, 3.8) is 0 Å². The summed E-state index contributed by atoms with van der Waals surface area (Å²) in [5, 5.41) is 12.8. The number of carbonyl (C=O) groups excluding carboxylic acids is 1. The van der Waals surface area contributed by atoms with Gasteiger partial charge in [-0.1, -0.05) is 6.92 Å². The van der Waals surface area contributed by atoms with E-state index in [9.17, 15) is 4.79 Å². The monoisotopic (exact) mass is 226 g/mol. The summed E-state index contributed by atoms with van der Waals surface area (Å²) in [5.74, 6) is 0.344. The molecule has 0 atom stereocenters. The molecule has 0 aliphatic carbocycles. The van der Waals surface area contributed by atoms with Gasteiger partial charge in [-0.25, -0.2) is 0 Å². The van der Waals surface area contributed by atoms with Crippen LogP contribution in [0.15, 0.2) is 12.3 Å². The Labute approximate surface area is 94.6 Å². The van der Waals surface area contributed by atoms with Gasteiger partial charge >= 0.3 is 0 Å². The van der Waals surface area contributed by atoms with Crippen molar-refractivity contribution in [3.05, 3.63) is 12.3 Å². The van der Waals surface area contributed by atoms with Crippen LogP contribution in [0.5, 0.6) is 0 Å². The predicted octanol–water partition coefficient (Wildman–Crippen LogP) is -0.304. The molecule has 90 valence electrons. The highest BCUT2D eigenvalue weighted by Gasteiger charge is 2.12. The molecule has 0 aromatic carbocycles. The van der Waals surface area contributed by atoms with Crippen LogP contribution in [0.4, 0.5) is 5.82 Å². The van der Waals surface area contributed by atoms with Crippen molar-refractivity contribution < 1.29 is 9.90 Å². The van der Waals surface area contributed by atoms with Crippen molar-refractivity contribution in [2.45, 2.75) is 19.9 Å². The Balaban J connectivity index is 2.54. The number of hydrogen-bond donors (Lipinski definition) is 2. The topological polar surface area (TPSA) is 84.4 Å². The second-order valence-corrected chi connectivity index (χ2v) is 3.54. The third-order valence-corrected chi connectivity index (χ3v) is 2.17. The smallest absolute Gasteiger partial charge is 0.244 e. The third-order valence-electron chi connectivity index (χ3n) is 2.17.